The molecule has 2 atom stereocenters. The van der Waals surface area contributed by atoms with E-state index < -0.39 is 0 Å². The standard InChI is InChI=1S/C22H30N4OS/c1-4-15-26-20(19-13-9-6-10-14-19)24-25-22(26)28-17(3)21(27)23-16(2)18-11-7-5-8-12-18/h4-5,7-8,11-12,16-17,19H,1,6,9-10,13-15H2,2-3H3,(H,23,27)/t16-,17-/m1/s1. The van der Waals surface area contributed by atoms with Crippen LogP contribution < -0.4 is 5.32 Å². The van der Waals surface area contributed by atoms with Crippen molar-refractivity contribution >= 4 is 17.7 Å². The number of benzene rings is 1. The molecule has 0 radical (unpaired) electrons. The van der Waals surface area contributed by atoms with Crippen molar-refractivity contribution in [3.8, 4) is 0 Å². The molecule has 1 fully saturated rings. The van der Waals surface area contributed by atoms with Gasteiger partial charge < -0.3 is 9.88 Å². The summed E-state index contributed by atoms with van der Waals surface area (Å²) in [6, 6.07) is 9.98. The van der Waals surface area contributed by atoms with E-state index in [0.29, 0.717) is 12.5 Å². The van der Waals surface area contributed by atoms with Gasteiger partial charge in [0, 0.05) is 12.5 Å². The molecule has 2 aromatic rings. The molecular weight excluding hydrogens is 368 g/mol. The summed E-state index contributed by atoms with van der Waals surface area (Å²) in [4.78, 5) is 12.7. The van der Waals surface area contributed by atoms with Crippen molar-refractivity contribution in [1.82, 2.24) is 20.1 Å². The summed E-state index contributed by atoms with van der Waals surface area (Å²) in [5.74, 6) is 1.53. The predicted octanol–water partition coefficient (Wildman–Crippen LogP) is 4.87. The van der Waals surface area contributed by atoms with Crippen LogP contribution in [0.4, 0.5) is 0 Å². The van der Waals surface area contributed by atoms with Crippen molar-refractivity contribution in [2.75, 3.05) is 0 Å². The van der Waals surface area contributed by atoms with Gasteiger partial charge in [-0.3, -0.25) is 4.79 Å². The Hall–Kier alpha value is -2.08. The van der Waals surface area contributed by atoms with Gasteiger partial charge in [0.25, 0.3) is 0 Å². The molecule has 1 aliphatic carbocycles. The van der Waals surface area contributed by atoms with E-state index in [4.69, 9.17) is 0 Å². The lowest BCUT2D eigenvalue weighted by Gasteiger charge is -2.22. The maximum Gasteiger partial charge on any atom is 0.233 e. The van der Waals surface area contributed by atoms with E-state index in [9.17, 15) is 4.79 Å². The molecule has 0 saturated heterocycles. The zero-order chi connectivity index (χ0) is 19.9. The molecule has 0 bridgehead atoms. The molecule has 5 nitrogen and oxygen atoms in total. The fraction of sp³-hybridized carbons (Fsp3) is 0.500. The number of allylic oxidation sites excluding steroid dienone is 1. The van der Waals surface area contributed by atoms with Gasteiger partial charge in [-0.2, -0.15) is 0 Å². The summed E-state index contributed by atoms with van der Waals surface area (Å²) in [5, 5.41) is 12.6. The van der Waals surface area contributed by atoms with E-state index in [-0.39, 0.29) is 17.2 Å². The maximum atomic E-state index is 12.7. The number of rotatable bonds is 8. The first-order valence-corrected chi connectivity index (χ1v) is 11.0. The molecule has 1 aliphatic rings. The fourth-order valence-corrected chi connectivity index (χ4v) is 4.59. The largest absolute Gasteiger partial charge is 0.349 e. The van der Waals surface area contributed by atoms with Crippen LogP contribution in [0.1, 0.15) is 69.3 Å². The predicted molar refractivity (Wildman–Crippen MR) is 114 cm³/mol. The van der Waals surface area contributed by atoms with Crippen molar-refractivity contribution < 1.29 is 4.79 Å². The molecule has 150 valence electrons. The van der Waals surface area contributed by atoms with Crippen LogP contribution in [-0.2, 0) is 11.3 Å². The second-order valence-corrected chi connectivity index (χ2v) is 8.78. The number of carbonyl (C=O) groups excluding carboxylic acids is 1. The smallest absolute Gasteiger partial charge is 0.233 e. The molecule has 0 unspecified atom stereocenters. The minimum Gasteiger partial charge on any atom is -0.349 e. The third-order valence-corrected chi connectivity index (χ3v) is 6.42. The lowest BCUT2D eigenvalue weighted by atomic mass is 9.89. The summed E-state index contributed by atoms with van der Waals surface area (Å²) in [7, 11) is 0. The van der Waals surface area contributed by atoms with Gasteiger partial charge in [0.05, 0.1) is 11.3 Å². The number of nitrogens with one attached hydrogen (secondary N) is 1. The Bertz CT molecular complexity index is 783. The molecule has 3 rings (SSSR count). The van der Waals surface area contributed by atoms with Crippen LogP contribution >= 0.6 is 11.8 Å². The first-order valence-electron chi connectivity index (χ1n) is 10.2. The van der Waals surface area contributed by atoms with Gasteiger partial charge in [0.15, 0.2) is 5.16 Å². The highest BCUT2D eigenvalue weighted by molar-refractivity contribution is 8.00. The van der Waals surface area contributed by atoms with Gasteiger partial charge >= 0.3 is 0 Å². The normalized spacial score (nSPS) is 17.1. The number of amides is 1. The first-order chi connectivity index (χ1) is 13.6. The Morgan fingerprint density at radius 2 is 1.96 bits per heavy atom. The Balaban J connectivity index is 1.67. The van der Waals surface area contributed by atoms with E-state index in [0.717, 1.165) is 16.5 Å². The van der Waals surface area contributed by atoms with Crippen molar-refractivity contribution in [1.29, 1.82) is 0 Å². The van der Waals surface area contributed by atoms with E-state index in [1.54, 1.807) is 0 Å². The number of aromatic nitrogens is 3. The summed E-state index contributed by atoms with van der Waals surface area (Å²) in [6.45, 7) is 8.49. The number of hydrogen-bond donors (Lipinski definition) is 1. The number of hydrogen-bond acceptors (Lipinski definition) is 4. The minimum atomic E-state index is -0.252. The lowest BCUT2D eigenvalue weighted by Crippen LogP contribution is -2.33. The molecule has 1 heterocycles. The summed E-state index contributed by atoms with van der Waals surface area (Å²) < 4.78 is 2.14. The molecule has 1 saturated carbocycles. The van der Waals surface area contributed by atoms with Gasteiger partial charge in [-0.15, -0.1) is 16.8 Å². The van der Waals surface area contributed by atoms with Crippen molar-refractivity contribution in [3.05, 3.63) is 54.4 Å². The average molecular weight is 399 g/mol. The molecule has 0 spiro atoms. The number of thioether (sulfide) groups is 1. The zero-order valence-electron chi connectivity index (χ0n) is 16.8. The van der Waals surface area contributed by atoms with Crippen molar-refractivity contribution in [2.45, 2.75) is 74.9 Å². The zero-order valence-corrected chi connectivity index (χ0v) is 17.6. The van der Waals surface area contributed by atoms with Crippen LogP contribution in [0.3, 0.4) is 0 Å². The highest BCUT2D eigenvalue weighted by Crippen LogP contribution is 2.34. The van der Waals surface area contributed by atoms with Gasteiger partial charge in [-0.1, -0.05) is 67.4 Å². The van der Waals surface area contributed by atoms with Crippen LogP contribution in [0.5, 0.6) is 0 Å². The second-order valence-electron chi connectivity index (χ2n) is 7.48. The monoisotopic (exact) mass is 398 g/mol. The maximum absolute atomic E-state index is 12.7. The fourth-order valence-electron chi connectivity index (χ4n) is 3.72. The van der Waals surface area contributed by atoms with E-state index in [2.05, 4.69) is 26.7 Å². The molecule has 1 aromatic heterocycles. The van der Waals surface area contributed by atoms with Crippen LogP contribution in [0.15, 0.2) is 48.1 Å². The van der Waals surface area contributed by atoms with Gasteiger partial charge in [-0.25, -0.2) is 0 Å². The topological polar surface area (TPSA) is 59.8 Å². The second kappa shape index (κ2) is 9.92. The van der Waals surface area contributed by atoms with E-state index >= 15 is 0 Å². The molecular formula is C22H30N4OS. The molecule has 6 heteroatoms. The summed E-state index contributed by atoms with van der Waals surface area (Å²) in [5.41, 5.74) is 1.10. The SMILES string of the molecule is C=CCn1c(S[C@H](C)C(=O)N[C@H](C)c2ccccc2)nnc1C1CCCCC1. The Labute approximate surface area is 172 Å². The quantitative estimate of drug-likeness (QED) is 0.509. The van der Waals surface area contributed by atoms with Crippen LogP contribution in [0.25, 0.3) is 0 Å². The van der Waals surface area contributed by atoms with Crippen molar-refractivity contribution in [3.63, 3.8) is 0 Å². The number of carbonyl (C=O) groups is 1. The number of nitrogens with zero attached hydrogens (tertiary/aromatic N) is 3. The Morgan fingerprint density at radius 1 is 1.25 bits per heavy atom. The van der Waals surface area contributed by atoms with Gasteiger partial charge in [-0.05, 0) is 32.3 Å². The highest BCUT2D eigenvalue weighted by Gasteiger charge is 2.25. The van der Waals surface area contributed by atoms with Crippen LogP contribution in [0, 0.1) is 0 Å². The van der Waals surface area contributed by atoms with Crippen LogP contribution in [0.2, 0.25) is 0 Å². The van der Waals surface area contributed by atoms with Crippen LogP contribution in [-0.4, -0.2) is 25.9 Å². The lowest BCUT2D eigenvalue weighted by molar-refractivity contribution is -0.120. The molecule has 28 heavy (non-hydrogen) atoms. The Morgan fingerprint density at radius 3 is 2.64 bits per heavy atom. The molecule has 1 aromatic carbocycles. The molecule has 1 amide bonds. The molecule has 0 aliphatic heterocycles. The van der Waals surface area contributed by atoms with E-state index in [1.165, 1.54) is 43.9 Å². The van der Waals surface area contributed by atoms with Gasteiger partial charge in [0.2, 0.25) is 5.91 Å². The third-order valence-electron chi connectivity index (χ3n) is 5.34. The molecule has 1 N–H and O–H groups in total. The van der Waals surface area contributed by atoms with Crippen molar-refractivity contribution in [2.24, 2.45) is 0 Å². The van der Waals surface area contributed by atoms with E-state index in [1.807, 2.05) is 50.3 Å². The third kappa shape index (κ3) is 5.04. The first kappa shape index (κ1) is 20.6. The summed E-state index contributed by atoms with van der Waals surface area (Å²) in [6.07, 6.45) is 8.04. The Kier molecular flexibility index (Phi) is 7.31. The average Bonchev–Trinajstić information content (AvgIpc) is 3.11. The summed E-state index contributed by atoms with van der Waals surface area (Å²) >= 11 is 1.47. The highest BCUT2D eigenvalue weighted by atomic mass is 32.2. The van der Waals surface area contributed by atoms with Gasteiger partial charge in [0.1, 0.15) is 5.82 Å². The minimum absolute atomic E-state index is 0.00808.